The number of hydrogen-bond donors (Lipinski definition) is 1. The molecule has 0 aliphatic heterocycles. The Bertz CT molecular complexity index is 457. The number of rotatable bonds is 8. The average molecular weight is 436 g/mol. The molecule has 0 aliphatic rings. The molecule has 1 rings (SSSR count). The van der Waals surface area contributed by atoms with Crippen LogP contribution in [0.5, 0.6) is 0 Å². The number of unbranched alkanes of at least 4 members (excludes halogenated alkanes) is 1. The molecule has 0 spiro atoms. The van der Waals surface area contributed by atoms with Crippen molar-refractivity contribution in [1.82, 2.24) is 15.2 Å². The molecule has 0 fully saturated rings. The Morgan fingerprint density at radius 3 is 2.82 bits per heavy atom. The lowest BCUT2D eigenvalue weighted by molar-refractivity contribution is 0.470. The normalized spacial score (nSPS) is 11.2. The van der Waals surface area contributed by atoms with Crippen LogP contribution in [-0.4, -0.2) is 43.0 Å². The summed E-state index contributed by atoms with van der Waals surface area (Å²) in [5, 5.41) is 6.78. The third-order valence-corrected chi connectivity index (χ3v) is 4.40. The Kier molecular flexibility index (Phi) is 11.5. The smallest absolute Gasteiger partial charge is 0.193 e. The van der Waals surface area contributed by atoms with E-state index in [1.807, 2.05) is 13.1 Å². The third kappa shape index (κ3) is 7.58. The fraction of sp³-hybridized carbons (Fsp3) is 0.625. The van der Waals surface area contributed by atoms with Crippen molar-refractivity contribution in [3.63, 3.8) is 0 Å². The molecule has 1 heterocycles. The first-order valence-corrected chi connectivity index (χ1v) is 8.43. The fourth-order valence-corrected chi connectivity index (χ4v) is 2.84. The molecule has 22 heavy (non-hydrogen) atoms. The number of thiazole rings is 1. The average Bonchev–Trinajstić information content (AvgIpc) is 2.93. The molecule has 0 saturated heterocycles. The molecule has 0 amide bonds. The lowest BCUT2D eigenvalue weighted by atomic mass is 10.2. The molecule has 126 valence electrons. The van der Waals surface area contributed by atoms with Gasteiger partial charge in [-0.25, -0.2) is 4.98 Å². The molecule has 1 aromatic rings. The molecule has 0 aromatic carbocycles. The van der Waals surface area contributed by atoms with Gasteiger partial charge in [0.15, 0.2) is 5.96 Å². The van der Waals surface area contributed by atoms with Crippen molar-refractivity contribution in [2.75, 3.05) is 27.2 Å². The van der Waals surface area contributed by atoms with Gasteiger partial charge in [0.1, 0.15) is 0 Å². The van der Waals surface area contributed by atoms with E-state index >= 15 is 0 Å². The molecule has 0 saturated carbocycles. The molecular formula is C16H29IN4S. The summed E-state index contributed by atoms with van der Waals surface area (Å²) in [5.41, 5.74) is 1.17. The summed E-state index contributed by atoms with van der Waals surface area (Å²) >= 11 is 1.75. The summed E-state index contributed by atoms with van der Waals surface area (Å²) in [6.07, 6.45) is 5.03. The molecule has 0 bridgehead atoms. The topological polar surface area (TPSA) is 40.5 Å². The highest BCUT2D eigenvalue weighted by atomic mass is 127. The molecule has 4 nitrogen and oxygen atoms in total. The lowest BCUT2D eigenvalue weighted by Gasteiger charge is -2.21. The molecule has 1 N–H and O–H groups in total. The van der Waals surface area contributed by atoms with Crippen molar-refractivity contribution in [2.45, 2.75) is 39.0 Å². The maximum Gasteiger partial charge on any atom is 0.193 e. The van der Waals surface area contributed by atoms with E-state index in [0.29, 0.717) is 5.92 Å². The minimum Gasteiger partial charge on any atom is -0.356 e. The highest BCUT2D eigenvalue weighted by molar-refractivity contribution is 14.0. The van der Waals surface area contributed by atoms with Gasteiger partial charge in [0.05, 0.1) is 10.7 Å². The Morgan fingerprint density at radius 2 is 2.27 bits per heavy atom. The number of aliphatic imine (C=N–C) groups is 1. The van der Waals surface area contributed by atoms with Crippen LogP contribution >= 0.6 is 35.3 Å². The molecule has 0 atom stereocenters. The van der Waals surface area contributed by atoms with Crippen molar-refractivity contribution in [1.29, 1.82) is 0 Å². The molecule has 6 heteroatoms. The van der Waals surface area contributed by atoms with Crippen molar-refractivity contribution < 1.29 is 0 Å². The van der Waals surface area contributed by atoms with Gasteiger partial charge in [-0.2, -0.15) is 0 Å². The summed E-state index contributed by atoms with van der Waals surface area (Å²) in [6, 6.07) is 0. The zero-order valence-corrected chi connectivity index (χ0v) is 17.3. The predicted molar refractivity (Wildman–Crippen MR) is 109 cm³/mol. The number of hydrogen-bond acceptors (Lipinski definition) is 3. The van der Waals surface area contributed by atoms with Crippen LogP contribution in [0.1, 0.15) is 43.3 Å². The second kappa shape index (κ2) is 11.9. The highest BCUT2D eigenvalue weighted by Gasteiger charge is 2.07. The van der Waals surface area contributed by atoms with E-state index in [9.17, 15) is 0 Å². The molecule has 0 unspecified atom stereocenters. The Hall–Kier alpha value is -0.630. The zero-order valence-electron chi connectivity index (χ0n) is 14.1. The van der Waals surface area contributed by atoms with E-state index in [1.165, 1.54) is 10.7 Å². The van der Waals surface area contributed by atoms with Crippen molar-refractivity contribution in [3.8, 4) is 0 Å². The van der Waals surface area contributed by atoms with Crippen molar-refractivity contribution in [3.05, 3.63) is 28.7 Å². The number of guanidine groups is 1. The number of nitrogens with one attached hydrogen (secondary N) is 1. The standard InChI is InChI=1S/C16H28N4S.HI/c1-6-7-8-11-20(5)16(17-4)18-10-9-14-12-21-15(19-14)13(2)3;/h6,12-13H,1,7-11H2,2-5H3,(H,17,18);1H. The molecule has 0 aliphatic carbocycles. The molecule has 0 radical (unpaired) electrons. The second-order valence-corrected chi connectivity index (χ2v) is 6.30. The van der Waals surface area contributed by atoms with E-state index in [2.05, 4.69) is 53.0 Å². The minimum atomic E-state index is 0. The van der Waals surface area contributed by atoms with E-state index in [1.54, 1.807) is 11.3 Å². The van der Waals surface area contributed by atoms with Crippen LogP contribution in [0.2, 0.25) is 0 Å². The summed E-state index contributed by atoms with van der Waals surface area (Å²) in [5.74, 6) is 1.46. The van der Waals surface area contributed by atoms with Gasteiger partial charge < -0.3 is 10.2 Å². The molecular weight excluding hydrogens is 407 g/mol. The maximum absolute atomic E-state index is 4.65. The highest BCUT2D eigenvalue weighted by Crippen LogP contribution is 2.19. The van der Waals surface area contributed by atoms with Gasteiger partial charge >= 0.3 is 0 Å². The van der Waals surface area contributed by atoms with Crippen LogP contribution in [0.15, 0.2) is 23.0 Å². The number of aromatic nitrogens is 1. The van der Waals surface area contributed by atoms with Gasteiger partial charge in [0.2, 0.25) is 0 Å². The van der Waals surface area contributed by atoms with Crippen LogP contribution in [0.4, 0.5) is 0 Å². The third-order valence-electron chi connectivity index (χ3n) is 3.20. The maximum atomic E-state index is 4.65. The van der Waals surface area contributed by atoms with Crippen LogP contribution in [-0.2, 0) is 6.42 Å². The van der Waals surface area contributed by atoms with E-state index < -0.39 is 0 Å². The van der Waals surface area contributed by atoms with Crippen LogP contribution < -0.4 is 5.32 Å². The van der Waals surface area contributed by atoms with E-state index in [-0.39, 0.29) is 24.0 Å². The fourth-order valence-electron chi connectivity index (χ4n) is 1.97. The Labute approximate surface area is 156 Å². The van der Waals surface area contributed by atoms with Crippen LogP contribution in [0.25, 0.3) is 0 Å². The van der Waals surface area contributed by atoms with Gasteiger partial charge in [0.25, 0.3) is 0 Å². The Morgan fingerprint density at radius 1 is 1.55 bits per heavy atom. The SMILES string of the molecule is C=CCCCN(C)C(=NC)NCCc1csc(C(C)C)n1.I. The first kappa shape index (κ1) is 21.4. The molecule has 1 aromatic heterocycles. The van der Waals surface area contributed by atoms with Gasteiger partial charge in [-0.15, -0.1) is 41.9 Å². The van der Waals surface area contributed by atoms with Gasteiger partial charge in [-0.1, -0.05) is 19.9 Å². The van der Waals surface area contributed by atoms with Crippen LogP contribution in [0.3, 0.4) is 0 Å². The van der Waals surface area contributed by atoms with Gasteiger partial charge in [-0.05, 0) is 12.8 Å². The summed E-state index contributed by atoms with van der Waals surface area (Å²) in [7, 11) is 3.89. The first-order chi connectivity index (χ1) is 10.1. The largest absolute Gasteiger partial charge is 0.356 e. The minimum absolute atomic E-state index is 0. The number of halogens is 1. The number of allylic oxidation sites excluding steroid dienone is 1. The summed E-state index contributed by atoms with van der Waals surface area (Å²) in [6.45, 7) is 9.96. The Balaban J connectivity index is 0.00000441. The summed E-state index contributed by atoms with van der Waals surface area (Å²) < 4.78 is 0. The van der Waals surface area contributed by atoms with Crippen molar-refractivity contribution in [2.24, 2.45) is 4.99 Å². The van der Waals surface area contributed by atoms with Crippen molar-refractivity contribution >= 4 is 41.3 Å². The monoisotopic (exact) mass is 436 g/mol. The van der Waals surface area contributed by atoms with Gasteiger partial charge in [0, 0.05) is 44.9 Å². The zero-order chi connectivity index (χ0) is 15.7. The van der Waals surface area contributed by atoms with E-state index in [4.69, 9.17) is 0 Å². The second-order valence-electron chi connectivity index (χ2n) is 5.41. The number of nitrogens with zero attached hydrogens (tertiary/aromatic N) is 3. The van der Waals surface area contributed by atoms with Gasteiger partial charge in [-0.3, -0.25) is 4.99 Å². The summed E-state index contributed by atoms with van der Waals surface area (Å²) in [4.78, 5) is 11.1. The van der Waals surface area contributed by atoms with E-state index in [0.717, 1.165) is 38.3 Å². The lowest BCUT2D eigenvalue weighted by Crippen LogP contribution is -2.40. The first-order valence-electron chi connectivity index (χ1n) is 7.55. The quantitative estimate of drug-likeness (QED) is 0.221. The predicted octanol–water partition coefficient (Wildman–Crippen LogP) is 3.90. The van der Waals surface area contributed by atoms with Crippen LogP contribution in [0, 0.1) is 0 Å².